The molecule has 2 aromatic rings. The van der Waals surface area contributed by atoms with Crippen molar-refractivity contribution in [3.8, 4) is 11.5 Å². The molecule has 0 aliphatic rings. The van der Waals surface area contributed by atoms with E-state index < -0.39 is 0 Å². The zero-order chi connectivity index (χ0) is 13.7. The lowest BCUT2D eigenvalue weighted by Gasteiger charge is -2.12. The van der Waals surface area contributed by atoms with Crippen molar-refractivity contribution in [3.63, 3.8) is 0 Å². The van der Waals surface area contributed by atoms with Crippen LogP contribution in [0.15, 0.2) is 47.4 Å². The van der Waals surface area contributed by atoms with Crippen LogP contribution in [0.3, 0.4) is 0 Å². The Morgan fingerprint density at radius 1 is 1.11 bits per heavy atom. The van der Waals surface area contributed by atoms with E-state index in [-0.39, 0.29) is 0 Å². The predicted molar refractivity (Wildman–Crippen MR) is 82.2 cm³/mol. The monoisotopic (exact) mass is 273 g/mol. The molecule has 0 heterocycles. The third kappa shape index (κ3) is 3.75. The molecule has 0 spiro atoms. The second kappa shape index (κ2) is 6.64. The highest BCUT2D eigenvalue weighted by molar-refractivity contribution is 7.98. The van der Waals surface area contributed by atoms with Gasteiger partial charge in [-0.05, 0) is 50.6 Å². The van der Waals surface area contributed by atoms with E-state index in [1.165, 1.54) is 16.0 Å². The first-order valence-electron chi connectivity index (χ1n) is 6.29. The van der Waals surface area contributed by atoms with Crippen molar-refractivity contribution in [2.24, 2.45) is 0 Å². The molecule has 100 valence electrons. The maximum absolute atomic E-state index is 5.97. The zero-order valence-electron chi connectivity index (χ0n) is 11.6. The quantitative estimate of drug-likeness (QED) is 0.824. The predicted octanol–water partition coefficient (Wildman–Crippen LogP) is 4.23. The summed E-state index contributed by atoms with van der Waals surface area (Å²) in [4.78, 5) is 1.24. The lowest BCUT2D eigenvalue weighted by Crippen LogP contribution is -2.06. The molecule has 0 fully saturated rings. The van der Waals surface area contributed by atoms with Crippen LogP contribution in [0.2, 0.25) is 0 Å². The molecule has 0 saturated carbocycles. The van der Waals surface area contributed by atoms with Crippen LogP contribution >= 0.6 is 11.8 Å². The molecule has 19 heavy (non-hydrogen) atoms. The first-order chi connectivity index (χ1) is 9.22. The number of hydrogen-bond acceptors (Lipinski definition) is 3. The summed E-state index contributed by atoms with van der Waals surface area (Å²) < 4.78 is 5.97. The maximum atomic E-state index is 5.97. The van der Waals surface area contributed by atoms with Crippen molar-refractivity contribution in [2.45, 2.75) is 18.4 Å². The number of aryl methyl sites for hydroxylation is 1. The topological polar surface area (TPSA) is 21.3 Å². The summed E-state index contributed by atoms with van der Waals surface area (Å²) in [5.41, 5.74) is 2.42. The molecule has 0 amide bonds. The second-order valence-corrected chi connectivity index (χ2v) is 5.30. The number of benzene rings is 2. The Morgan fingerprint density at radius 2 is 1.84 bits per heavy atom. The SMILES string of the molecule is CNCc1cc(C)ccc1Oc1ccc(SC)cc1. The fourth-order valence-electron chi connectivity index (χ4n) is 1.91. The van der Waals surface area contributed by atoms with E-state index in [1.807, 2.05) is 25.2 Å². The van der Waals surface area contributed by atoms with Crippen LogP contribution in [0.4, 0.5) is 0 Å². The van der Waals surface area contributed by atoms with Crippen LogP contribution in [-0.4, -0.2) is 13.3 Å². The van der Waals surface area contributed by atoms with Gasteiger partial charge < -0.3 is 10.1 Å². The molecule has 0 bridgehead atoms. The minimum Gasteiger partial charge on any atom is -0.457 e. The van der Waals surface area contributed by atoms with Crippen molar-refractivity contribution in [1.82, 2.24) is 5.32 Å². The molecule has 0 saturated heterocycles. The Labute approximate surface area is 119 Å². The lowest BCUT2D eigenvalue weighted by molar-refractivity contribution is 0.473. The molecule has 0 radical (unpaired) electrons. The minimum absolute atomic E-state index is 0.805. The first kappa shape index (κ1) is 14.0. The van der Waals surface area contributed by atoms with Gasteiger partial charge in [0.05, 0.1) is 0 Å². The van der Waals surface area contributed by atoms with Crippen molar-refractivity contribution in [2.75, 3.05) is 13.3 Å². The second-order valence-electron chi connectivity index (χ2n) is 4.42. The molecule has 3 heteroatoms. The average molecular weight is 273 g/mol. The van der Waals surface area contributed by atoms with E-state index in [0.29, 0.717) is 0 Å². The van der Waals surface area contributed by atoms with Gasteiger partial charge in [0, 0.05) is 17.0 Å². The normalized spacial score (nSPS) is 10.5. The van der Waals surface area contributed by atoms with Gasteiger partial charge in [-0.2, -0.15) is 0 Å². The van der Waals surface area contributed by atoms with E-state index in [4.69, 9.17) is 4.74 Å². The number of nitrogens with one attached hydrogen (secondary N) is 1. The smallest absolute Gasteiger partial charge is 0.131 e. The maximum Gasteiger partial charge on any atom is 0.131 e. The van der Waals surface area contributed by atoms with Crippen molar-refractivity contribution in [3.05, 3.63) is 53.6 Å². The summed E-state index contributed by atoms with van der Waals surface area (Å²) in [5.74, 6) is 1.79. The van der Waals surface area contributed by atoms with Gasteiger partial charge in [-0.1, -0.05) is 17.7 Å². The summed E-state index contributed by atoms with van der Waals surface area (Å²) in [6.45, 7) is 2.90. The van der Waals surface area contributed by atoms with Crippen LogP contribution < -0.4 is 10.1 Å². The molecule has 1 N–H and O–H groups in total. The number of rotatable bonds is 5. The van der Waals surface area contributed by atoms with Crippen LogP contribution in [-0.2, 0) is 6.54 Å². The highest BCUT2D eigenvalue weighted by Crippen LogP contribution is 2.27. The van der Waals surface area contributed by atoms with Gasteiger partial charge in [0.1, 0.15) is 11.5 Å². The Kier molecular flexibility index (Phi) is 4.88. The fraction of sp³-hybridized carbons (Fsp3) is 0.250. The van der Waals surface area contributed by atoms with E-state index in [9.17, 15) is 0 Å². The standard InChI is InChI=1S/C16H19NOS/c1-12-4-9-16(13(10-12)11-17-2)18-14-5-7-15(19-3)8-6-14/h4-10,17H,11H2,1-3H3. The van der Waals surface area contributed by atoms with Crippen LogP contribution in [0.5, 0.6) is 11.5 Å². The molecule has 0 aromatic heterocycles. The number of thioether (sulfide) groups is 1. The van der Waals surface area contributed by atoms with E-state index >= 15 is 0 Å². The number of hydrogen-bond donors (Lipinski definition) is 1. The lowest BCUT2D eigenvalue weighted by atomic mass is 10.1. The van der Waals surface area contributed by atoms with Gasteiger partial charge in [0.15, 0.2) is 0 Å². The highest BCUT2D eigenvalue weighted by Gasteiger charge is 2.05. The van der Waals surface area contributed by atoms with Crippen molar-refractivity contribution < 1.29 is 4.74 Å². The summed E-state index contributed by atoms with van der Waals surface area (Å²) in [7, 11) is 1.94. The highest BCUT2D eigenvalue weighted by atomic mass is 32.2. The van der Waals surface area contributed by atoms with Gasteiger partial charge >= 0.3 is 0 Å². The van der Waals surface area contributed by atoms with Crippen LogP contribution in [0.1, 0.15) is 11.1 Å². The van der Waals surface area contributed by atoms with E-state index in [2.05, 4.69) is 42.8 Å². The number of ether oxygens (including phenoxy) is 1. The van der Waals surface area contributed by atoms with Crippen molar-refractivity contribution >= 4 is 11.8 Å². The molecule has 0 atom stereocenters. The minimum atomic E-state index is 0.805. The van der Waals surface area contributed by atoms with Crippen LogP contribution in [0, 0.1) is 6.92 Å². The van der Waals surface area contributed by atoms with E-state index in [1.54, 1.807) is 11.8 Å². The summed E-state index contributed by atoms with van der Waals surface area (Å²) in [6, 6.07) is 14.4. The van der Waals surface area contributed by atoms with E-state index in [0.717, 1.165) is 18.0 Å². The molecule has 0 aliphatic carbocycles. The molecule has 0 unspecified atom stereocenters. The molecule has 2 rings (SSSR count). The molecular weight excluding hydrogens is 254 g/mol. The summed E-state index contributed by atoms with van der Waals surface area (Å²) in [6.07, 6.45) is 2.07. The molecule has 2 aromatic carbocycles. The molecule has 2 nitrogen and oxygen atoms in total. The molecule has 0 aliphatic heterocycles. The van der Waals surface area contributed by atoms with Gasteiger partial charge in [-0.15, -0.1) is 11.8 Å². The Hall–Kier alpha value is -1.45. The van der Waals surface area contributed by atoms with Crippen LogP contribution in [0.25, 0.3) is 0 Å². The van der Waals surface area contributed by atoms with Gasteiger partial charge in [-0.3, -0.25) is 0 Å². The summed E-state index contributed by atoms with van der Waals surface area (Å²) >= 11 is 1.73. The average Bonchev–Trinajstić information content (AvgIpc) is 2.43. The Morgan fingerprint density at radius 3 is 2.47 bits per heavy atom. The largest absolute Gasteiger partial charge is 0.457 e. The molecular formula is C16H19NOS. The Balaban J connectivity index is 2.21. The third-order valence-corrected chi connectivity index (χ3v) is 3.61. The first-order valence-corrected chi connectivity index (χ1v) is 7.51. The fourth-order valence-corrected chi connectivity index (χ4v) is 2.32. The third-order valence-electron chi connectivity index (χ3n) is 2.87. The van der Waals surface area contributed by atoms with Gasteiger partial charge in [0.25, 0.3) is 0 Å². The van der Waals surface area contributed by atoms with Gasteiger partial charge in [-0.25, -0.2) is 0 Å². The zero-order valence-corrected chi connectivity index (χ0v) is 12.4. The van der Waals surface area contributed by atoms with Gasteiger partial charge in [0.2, 0.25) is 0 Å². The van der Waals surface area contributed by atoms with Crippen molar-refractivity contribution in [1.29, 1.82) is 0 Å². The Bertz CT molecular complexity index is 537. The summed E-state index contributed by atoms with van der Waals surface area (Å²) in [5, 5.41) is 3.17.